The molecule has 17 heavy (non-hydrogen) atoms. The molecule has 0 bridgehead atoms. The van der Waals surface area contributed by atoms with Crippen LogP contribution in [0.1, 0.15) is 19.3 Å². The number of hydrogen-bond acceptors (Lipinski definition) is 3. The number of pyridine rings is 1. The van der Waals surface area contributed by atoms with Crippen LogP contribution in [-0.2, 0) is 0 Å². The highest BCUT2D eigenvalue weighted by Gasteiger charge is 2.39. The first-order chi connectivity index (χ1) is 8.03. The van der Waals surface area contributed by atoms with Crippen molar-refractivity contribution in [3.63, 3.8) is 0 Å². The Labute approximate surface area is 108 Å². The van der Waals surface area contributed by atoms with E-state index < -0.39 is 0 Å². The molecule has 0 aliphatic heterocycles. The number of aromatic nitrogens is 1. The average molecular weight is 254 g/mol. The summed E-state index contributed by atoms with van der Waals surface area (Å²) >= 11 is 5.92. The average Bonchev–Trinajstić information content (AvgIpc) is 2.22. The second-order valence-electron chi connectivity index (χ2n) is 5.17. The van der Waals surface area contributed by atoms with Gasteiger partial charge in [-0.1, -0.05) is 11.6 Å². The van der Waals surface area contributed by atoms with Crippen LogP contribution in [0.15, 0.2) is 18.3 Å². The minimum Gasteiger partial charge on any atom is -0.373 e. The Morgan fingerprint density at radius 1 is 1.35 bits per heavy atom. The standard InChI is InChI=1S/C13H20ClN3/c1-16(2)13(6-4-7-13)10-17(3)11-5-8-15-12(14)9-11/h5,8-9H,4,6-7,10H2,1-3H3. The van der Waals surface area contributed by atoms with Crippen LogP contribution in [0.25, 0.3) is 0 Å². The molecule has 1 saturated carbocycles. The number of nitrogens with zero attached hydrogens (tertiary/aromatic N) is 3. The molecular weight excluding hydrogens is 234 g/mol. The van der Waals surface area contributed by atoms with E-state index in [4.69, 9.17) is 11.6 Å². The molecule has 0 aromatic carbocycles. The van der Waals surface area contributed by atoms with Crippen LogP contribution < -0.4 is 4.90 Å². The lowest BCUT2D eigenvalue weighted by atomic mass is 9.75. The highest BCUT2D eigenvalue weighted by molar-refractivity contribution is 6.29. The Morgan fingerprint density at radius 2 is 2.06 bits per heavy atom. The zero-order valence-corrected chi connectivity index (χ0v) is 11.5. The van der Waals surface area contributed by atoms with Crippen molar-refractivity contribution in [1.82, 2.24) is 9.88 Å². The van der Waals surface area contributed by atoms with Crippen molar-refractivity contribution in [2.24, 2.45) is 0 Å². The molecule has 4 heteroatoms. The molecule has 94 valence electrons. The van der Waals surface area contributed by atoms with Gasteiger partial charge in [-0.25, -0.2) is 4.98 Å². The molecule has 0 amide bonds. The van der Waals surface area contributed by atoms with Crippen molar-refractivity contribution in [1.29, 1.82) is 0 Å². The van der Waals surface area contributed by atoms with Crippen molar-refractivity contribution >= 4 is 17.3 Å². The van der Waals surface area contributed by atoms with Gasteiger partial charge < -0.3 is 9.80 Å². The lowest BCUT2D eigenvalue weighted by Crippen LogP contribution is -2.56. The van der Waals surface area contributed by atoms with Gasteiger partial charge in [-0.05, 0) is 45.5 Å². The summed E-state index contributed by atoms with van der Waals surface area (Å²) in [6, 6.07) is 3.93. The first-order valence-electron chi connectivity index (χ1n) is 6.04. The molecule has 0 radical (unpaired) electrons. The summed E-state index contributed by atoms with van der Waals surface area (Å²) in [5.74, 6) is 0. The molecule has 1 aliphatic carbocycles. The Balaban J connectivity index is 2.08. The van der Waals surface area contributed by atoms with Crippen LogP contribution in [0.4, 0.5) is 5.69 Å². The third-order valence-corrected chi connectivity index (χ3v) is 4.12. The van der Waals surface area contributed by atoms with Crippen LogP contribution in [-0.4, -0.2) is 43.1 Å². The molecule has 0 N–H and O–H groups in total. The van der Waals surface area contributed by atoms with E-state index in [2.05, 4.69) is 35.9 Å². The number of likely N-dealkylation sites (N-methyl/N-ethyl adjacent to an activating group) is 2. The van der Waals surface area contributed by atoms with Gasteiger partial charge in [0.25, 0.3) is 0 Å². The maximum atomic E-state index is 5.92. The van der Waals surface area contributed by atoms with E-state index in [1.165, 1.54) is 19.3 Å². The van der Waals surface area contributed by atoms with Crippen LogP contribution in [0, 0.1) is 0 Å². The summed E-state index contributed by atoms with van der Waals surface area (Å²) in [5.41, 5.74) is 1.47. The van der Waals surface area contributed by atoms with Crippen molar-refractivity contribution in [2.75, 3.05) is 32.6 Å². The number of halogens is 1. The number of hydrogen-bond donors (Lipinski definition) is 0. The van der Waals surface area contributed by atoms with Crippen molar-refractivity contribution in [3.8, 4) is 0 Å². The van der Waals surface area contributed by atoms with Gasteiger partial charge >= 0.3 is 0 Å². The number of rotatable bonds is 4. The van der Waals surface area contributed by atoms with E-state index >= 15 is 0 Å². The van der Waals surface area contributed by atoms with E-state index in [1.54, 1.807) is 6.20 Å². The third-order valence-electron chi connectivity index (χ3n) is 3.92. The zero-order valence-electron chi connectivity index (χ0n) is 10.8. The molecule has 3 nitrogen and oxygen atoms in total. The minimum absolute atomic E-state index is 0.338. The molecule has 1 aromatic heterocycles. The summed E-state index contributed by atoms with van der Waals surface area (Å²) in [7, 11) is 6.47. The van der Waals surface area contributed by atoms with Crippen molar-refractivity contribution < 1.29 is 0 Å². The first kappa shape index (κ1) is 12.7. The van der Waals surface area contributed by atoms with Gasteiger partial charge in [-0.3, -0.25) is 0 Å². The van der Waals surface area contributed by atoms with Gasteiger partial charge in [-0.15, -0.1) is 0 Å². The molecule has 1 fully saturated rings. The van der Waals surface area contributed by atoms with Crippen molar-refractivity contribution in [3.05, 3.63) is 23.5 Å². The SMILES string of the molecule is CN(CC1(N(C)C)CCC1)c1ccnc(Cl)c1. The van der Waals surface area contributed by atoms with Gasteiger partial charge in [-0.2, -0.15) is 0 Å². The second kappa shape index (κ2) is 4.83. The lowest BCUT2D eigenvalue weighted by Gasteiger charge is -2.49. The summed E-state index contributed by atoms with van der Waals surface area (Å²) in [6.45, 7) is 1.04. The normalized spacial score (nSPS) is 17.9. The molecule has 0 spiro atoms. The van der Waals surface area contributed by atoms with E-state index in [0.29, 0.717) is 10.7 Å². The summed E-state index contributed by atoms with van der Waals surface area (Å²) in [5, 5.41) is 0.557. The smallest absolute Gasteiger partial charge is 0.131 e. The fourth-order valence-electron chi connectivity index (χ4n) is 2.49. The zero-order chi connectivity index (χ0) is 12.5. The molecule has 1 aromatic rings. The van der Waals surface area contributed by atoms with E-state index in [9.17, 15) is 0 Å². The maximum absolute atomic E-state index is 5.92. The first-order valence-corrected chi connectivity index (χ1v) is 6.41. The Morgan fingerprint density at radius 3 is 2.53 bits per heavy atom. The quantitative estimate of drug-likeness (QED) is 0.769. The Bertz CT molecular complexity index is 388. The number of anilines is 1. The topological polar surface area (TPSA) is 19.4 Å². The second-order valence-corrected chi connectivity index (χ2v) is 5.55. The highest BCUT2D eigenvalue weighted by atomic mass is 35.5. The van der Waals surface area contributed by atoms with Crippen LogP contribution in [0.2, 0.25) is 5.15 Å². The highest BCUT2D eigenvalue weighted by Crippen LogP contribution is 2.37. The van der Waals surface area contributed by atoms with Gasteiger partial charge in [0.1, 0.15) is 5.15 Å². The molecule has 2 rings (SSSR count). The van der Waals surface area contributed by atoms with Crippen LogP contribution in [0.3, 0.4) is 0 Å². The molecule has 0 atom stereocenters. The van der Waals surface area contributed by atoms with Gasteiger partial charge in [0.05, 0.1) is 0 Å². The van der Waals surface area contributed by atoms with Crippen LogP contribution >= 0.6 is 11.6 Å². The summed E-state index contributed by atoms with van der Waals surface area (Å²) in [4.78, 5) is 8.64. The fourth-order valence-corrected chi connectivity index (χ4v) is 2.66. The third kappa shape index (κ3) is 2.55. The maximum Gasteiger partial charge on any atom is 0.131 e. The van der Waals surface area contributed by atoms with Crippen LogP contribution in [0.5, 0.6) is 0 Å². The molecule has 0 saturated heterocycles. The lowest BCUT2D eigenvalue weighted by molar-refractivity contribution is 0.0683. The van der Waals surface area contributed by atoms with E-state index in [-0.39, 0.29) is 0 Å². The summed E-state index contributed by atoms with van der Waals surface area (Å²) in [6.07, 6.45) is 5.66. The van der Waals surface area contributed by atoms with Gasteiger partial charge in [0.15, 0.2) is 0 Å². The minimum atomic E-state index is 0.338. The largest absolute Gasteiger partial charge is 0.373 e. The van der Waals surface area contributed by atoms with Gasteiger partial charge in [0, 0.05) is 31.0 Å². The molecule has 0 unspecified atom stereocenters. The summed E-state index contributed by atoms with van der Waals surface area (Å²) < 4.78 is 0. The van der Waals surface area contributed by atoms with E-state index in [0.717, 1.165) is 12.2 Å². The Hall–Kier alpha value is -0.800. The predicted octanol–water partition coefficient (Wildman–Crippen LogP) is 2.66. The fraction of sp³-hybridized carbons (Fsp3) is 0.615. The Kier molecular flexibility index (Phi) is 3.59. The van der Waals surface area contributed by atoms with E-state index in [1.807, 2.05) is 12.1 Å². The molecule has 1 heterocycles. The predicted molar refractivity (Wildman–Crippen MR) is 72.8 cm³/mol. The van der Waals surface area contributed by atoms with Gasteiger partial charge in [0.2, 0.25) is 0 Å². The molecular formula is C13H20ClN3. The monoisotopic (exact) mass is 253 g/mol. The van der Waals surface area contributed by atoms with Crippen molar-refractivity contribution in [2.45, 2.75) is 24.8 Å². The molecule has 1 aliphatic rings.